The average molecular weight is 396 g/mol. The van der Waals surface area contributed by atoms with E-state index in [1.165, 1.54) is 0 Å². The van der Waals surface area contributed by atoms with Crippen molar-refractivity contribution in [2.24, 2.45) is 23.7 Å². The van der Waals surface area contributed by atoms with Crippen molar-refractivity contribution in [2.45, 2.75) is 63.1 Å². The summed E-state index contributed by atoms with van der Waals surface area (Å²) in [4.78, 5) is 18.2. The Morgan fingerprint density at radius 2 is 2.03 bits per heavy atom. The highest BCUT2D eigenvalue weighted by Gasteiger charge is 2.59. The molecule has 1 aromatic heterocycles. The number of carbonyl (C=O) groups is 1. The van der Waals surface area contributed by atoms with Crippen molar-refractivity contribution in [3.8, 4) is 6.07 Å². The maximum atomic E-state index is 12.1. The quantitative estimate of drug-likeness (QED) is 0.725. The second-order valence-corrected chi connectivity index (χ2v) is 9.74. The molecular formula is C22H28N4O3. The van der Waals surface area contributed by atoms with E-state index in [0.717, 1.165) is 37.8 Å². The van der Waals surface area contributed by atoms with E-state index in [-0.39, 0.29) is 18.0 Å². The minimum Gasteiger partial charge on any atom is -0.465 e. The lowest BCUT2D eigenvalue weighted by atomic mass is 9.48. The number of nitrogens with zero attached hydrogens (tertiary/aromatic N) is 3. The topological polar surface area (TPSA) is 109 Å². The molecule has 1 aliphatic heterocycles. The fraction of sp³-hybridized carbons (Fsp3) is 0.682. The summed E-state index contributed by atoms with van der Waals surface area (Å²) in [5, 5.41) is 33.8. The second-order valence-electron chi connectivity index (χ2n) is 9.74. The number of anilines is 1. The molecule has 2 heterocycles. The van der Waals surface area contributed by atoms with Crippen LogP contribution in [0.1, 0.15) is 49.8 Å². The van der Waals surface area contributed by atoms with Crippen LogP contribution in [0, 0.1) is 41.9 Å². The van der Waals surface area contributed by atoms with Crippen LogP contribution in [0.25, 0.3) is 0 Å². The Balaban J connectivity index is 1.47. The molecule has 3 N–H and O–H groups in total. The summed E-state index contributed by atoms with van der Waals surface area (Å²) in [7, 11) is 0. The Kier molecular flexibility index (Phi) is 4.25. The van der Waals surface area contributed by atoms with Crippen molar-refractivity contribution in [1.29, 1.82) is 5.26 Å². The number of nitriles is 1. The third kappa shape index (κ3) is 3.05. The van der Waals surface area contributed by atoms with Gasteiger partial charge in [-0.05, 0) is 81.3 Å². The Morgan fingerprint density at radius 1 is 1.31 bits per heavy atom. The molecule has 7 nitrogen and oxygen atoms in total. The Morgan fingerprint density at radius 3 is 2.66 bits per heavy atom. The normalized spacial score (nSPS) is 40.1. The number of likely N-dealkylation sites (tertiary alicyclic amines) is 1. The average Bonchev–Trinajstić information content (AvgIpc) is 3.04. The lowest BCUT2D eigenvalue weighted by molar-refractivity contribution is -0.162. The highest BCUT2D eigenvalue weighted by Crippen LogP contribution is 2.60. The van der Waals surface area contributed by atoms with Gasteiger partial charge in [0.2, 0.25) is 0 Å². The van der Waals surface area contributed by atoms with Gasteiger partial charge in [0.15, 0.2) is 0 Å². The van der Waals surface area contributed by atoms with Gasteiger partial charge in [-0.1, -0.05) is 0 Å². The van der Waals surface area contributed by atoms with Gasteiger partial charge in [0.05, 0.1) is 23.2 Å². The van der Waals surface area contributed by atoms with Crippen LogP contribution in [0.3, 0.4) is 0 Å². The lowest BCUT2D eigenvalue weighted by Gasteiger charge is -2.60. The Hall–Kier alpha value is -2.33. The zero-order valence-corrected chi connectivity index (χ0v) is 16.7. The minimum atomic E-state index is -0.871. The van der Waals surface area contributed by atoms with Gasteiger partial charge in [0.25, 0.3) is 0 Å². The molecule has 154 valence electrons. The molecule has 7 heteroatoms. The highest BCUT2D eigenvalue weighted by atomic mass is 16.4. The summed E-state index contributed by atoms with van der Waals surface area (Å²) in [6, 6.07) is 5.57. The van der Waals surface area contributed by atoms with E-state index >= 15 is 0 Å². The maximum Gasteiger partial charge on any atom is 0.407 e. The van der Waals surface area contributed by atoms with E-state index in [1.807, 2.05) is 13.0 Å². The molecule has 0 aromatic carbocycles. The van der Waals surface area contributed by atoms with Gasteiger partial charge in [-0.2, -0.15) is 5.26 Å². The molecule has 5 fully saturated rings. The molecule has 7 atom stereocenters. The van der Waals surface area contributed by atoms with Crippen LogP contribution in [-0.2, 0) is 0 Å². The van der Waals surface area contributed by atoms with Gasteiger partial charge in [0, 0.05) is 12.2 Å². The fourth-order valence-electron chi connectivity index (χ4n) is 7.18. The van der Waals surface area contributed by atoms with Crippen LogP contribution >= 0.6 is 0 Å². The number of hydrogen-bond acceptors (Lipinski definition) is 5. The zero-order valence-electron chi connectivity index (χ0n) is 16.7. The molecule has 6 rings (SSSR count). The number of amides is 1. The monoisotopic (exact) mass is 396 g/mol. The molecule has 1 amide bonds. The Bertz CT molecular complexity index is 865. The lowest BCUT2D eigenvalue weighted by Crippen LogP contribution is -2.61. The molecule has 5 aliphatic rings. The SMILES string of the molecule is Cc1ccc(C#N)c(NC2CCN(C(=O)O)[C@@H]2C2C3CC4C[C@H]2CC(O)(C4)C3)n1. The van der Waals surface area contributed by atoms with Gasteiger partial charge in [-0.15, -0.1) is 0 Å². The number of carboxylic acid groups (broad SMARTS) is 1. The van der Waals surface area contributed by atoms with Gasteiger partial charge >= 0.3 is 6.09 Å². The van der Waals surface area contributed by atoms with E-state index < -0.39 is 11.7 Å². The van der Waals surface area contributed by atoms with Gasteiger partial charge in [0.1, 0.15) is 11.9 Å². The largest absolute Gasteiger partial charge is 0.465 e. The number of hydrogen-bond donors (Lipinski definition) is 3. The summed E-state index contributed by atoms with van der Waals surface area (Å²) in [6.07, 6.45) is 4.56. The number of rotatable bonds is 3. The number of aryl methyl sites for hydroxylation is 1. The fourth-order valence-corrected chi connectivity index (χ4v) is 7.18. The molecule has 1 aromatic rings. The smallest absolute Gasteiger partial charge is 0.407 e. The molecule has 4 aliphatic carbocycles. The van der Waals surface area contributed by atoms with E-state index in [4.69, 9.17) is 0 Å². The van der Waals surface area contributed by atoms with Crippen molar-refractivity contribution in [3.63, 3.8) is 0 Å². The maximum absolute atomic E-state index is 12.1. The van der Waals surface area contributed by atoms with Crippen LogP contribution in [0.5, 0.6) is 0 Å². The zero-order chi connectivity index (χ0) is 20.3. The van der Waals surface area contributed by atoms with Crippen LogP contribution < -0.4 is 5.32 Å². The summed E-state index contributed by atoms with van der Waals surface area (Å²) < 4.78 is 0. The van der Waals surface area contributed by atoms with Crippen LogP contribution in [0.15, 0.2) is 12.1 Å². The first-order valence-electron chi connectivity index (χ1n) is 10.7. The number of nitrogens with one attached hydrogen (secondary N) is 1. The summed E-state index contributed by atoms with van der Waals surface area (Å²) in [5.41, 5.74) is 0.782. The van der Waals surface area contributed by atoms with Crippen molar-refractivity contribution in [1.82, 2.24) is 9.88 Å². The van der Waals surface area contributed by atoms with E-state index in [9.17, 15) is 20.3 Å². The van der Waals surface area contributed by atoms with E-state index in [0.29, 0.717) is 42.1 Å². The first-order valence-corrected chi connectivity index (χ1v) is 10.7. The highest BCUT2D eigenvalue weighted by molar-refractivity contribution is 5.66. The third-order valence-corrected chi connectivity index (χ3v) is 7.88. The first-order chi connectivity index (χ1) is 13.9. The van der Waals surface area contributed by atoms with Crippen molar-refractivity contribution in [3.05, 3.63) is 23.4 Å². The van der Waals surface area contributed by atoms with E-state index in [1.54, 1.807) is 11.0 Å². The molecule has 5 unspecified atom stereocenters. The van der Waals surface area contributed by atoms with Crippen LogP contribution in [0.2, 0.25) is 0 Å². The van der Waals surface area contributed by atoms with Crippen LogP contribution in [-0.4, -0.2) is 50.4 Å². The second kappa shape index (κ2) is 6.60. The van der Waals surface area contributed by atoms with E-state index in [2.05, 4.69) is 16.4 Å². The summed E-state index contributed by atoms with van der Waals surface area (Å²) >= 11 is 0. The van der Waals surface area contributed by atoms with Crippen molar-refractivity contribution < 1.29 is 15.0 Å². The number of pyridine rings is 1. The molecule has 0 spiro atoms. The van der Waals surface area contributed by atoms with Gasteiger partial charge < -0.3 is 20.4 Å². The molecule has 0 radical (unpaired) electrons. The van der Waals surface area contributed by atoms with Gasteiger partial charge in [-0.25, -0.2) is 9.78 Å². The predicted molar refractivity (Wildman–Crippen MR) is 106 cm³/mol. The van der Waals surface area contributed by atoms with Gasteiger partial charge in [-0.3, -0.25) is 0 Å². The standard InChI is InChI=1S/C22H28N4O3/c1-12-2-3-14(11-23)20(24-12)25-17-4-5-26(21(27)28)19(17)18-15-6-13-7-16(18)10-22(29,8-13)9-15/h2-3,13,15-19,29H,4-10H2,1H3,(H,24,25)(H,27,28)/t13?,15-,16?,17?,18?,19-,22?/m0/s1. The van der Waals surface area contributed by atoms with Crippen molar-refractivity contribution >= 4 is 11.9 Å². The number of aliphatic hydroxyl groups is 1. The van der Waals surface area contributed by atoms with Crippen molar-refractivity contribution in [2.75, 3.05) is 11.9 Å². The minimum absolute atomic E-state index is 0.0651. The molecule has 4 saturated carbocycles. The predicted octanol–water partition coefficient (Wildman–Crippen LogP) is 2.98. The molecular weight excluding hydrogens is 368 g/mol. The first kappa shape index (κ1) is 18.7. The molecule has 1 saturated heterocycles. The Labute approximate surface area is 170 Å². The third-order valence-electron chi connectivity index (χ3n) is 7.88. The summed E-state index contributed by atoms with van der Waals surface area (Å²) in [6.45, 7) is 2.38. The number of aromatic nitrogens is 1. The van der Waals surface area contributed by atoms with Crippen LogP contribution in [0.4, 0.5) is 10.6 Å². The molecule has 4 bridgehead atoms. The molecule has 29 heavy (non-hydrogen) atoms. The summed E-state index contributed by atoms with van der Waals surface area (Å²) in [5.74, 6) is 2.15.